The van der Waals surface area contributed by atoms with Crippen molar-refractivity contribution in [2.45, 2.75) is 45.7 Å². The molecule has 1 aromatic heterocycles. The van der Waals surface area contributed by atoms with Gasteiger partial charge in [-0.3, -0.25) is 0 Å². The molecule has 0 aliphatic rings. The van der Waals surface area contributed by atoms with Crippen LogP contribution < -0.4 is 5.32 Å². The van der Waals surface area contributed by atoms with Gasteiger partial charge in [-0.15, -0.1) is 0 Å². The molecule has 0 fully saturated rings. The number of hydrogen-bond donors (Lipinski definition) is 2. The van der Waals surface area contributed by atoms with Gasteiger partial charge in [0.2, 0.25) is 0 Å². The molecule has 0 radical (unpaired) electrons. The van der Waals surface area contributed by atoms with E-state index in [1.165, 1.54) is 25.0 Å². The van der Waals surface area contributed by atoms with Crippen molar-refractivity contribution in [2.24, 2.45) is 0 Å². The molecule has 0 bridgehead atoms. The van der Waals surface area contributed by atoms with E-state index in [9.17, 15) is 0 Å². The Morgan fingerprint density at radius 2 is 2.31 bits per heavy atom. The minimum absolute atomic E-state index is 0.674. The lowest BCUT2D eigenvalue weighted by Gasteiger charge is -2.15. The van der Waals surface area contributed by atoms with Crippen molar-refractivity contribution in [1.82, 2.24) is 10.3 Å². The van der Waals surface area contributed by atoms with E-state index in [1.807, 2.05) is 12.3 Å². The molecule has 0 aliphatic heterocycles. The lowest BCUT2D eigenvalue weighted by Crippen LogP contribution is -2.27. The fourth-order valence-electron chi connectivity index (χ4n) is 1.53. The van der Waals surface area contributed by atoms with Crippen LogP contribution in [0.25, 0.3) is 0 Å². The third kappa shape index (κ3) is 3.64. The maximum Gasteiger partial charge on any atom is 0.0359 e. The molecule has 1 atom stereocenters. The van der Waals surface area contributed by atoms with Crippen LogP contribution in [0, 0.1) is 0 Å². The highest BCUT2D eigenvalue weighted by molar-refractivity contribution is 5.03. The molecular weight excluding hydrogens is 160 g/mol. The molecule has 1 aromatic rings. The summed E-state index contributed by atoms with van der Waals surface area (Å²) in [7, 11) is 0. The fourth-order valence-corrected chi connectivity index (χ4v) is 1.53. The molecule has 2 N–H and O–H groups in total. The van der Waals surface area contributed by atoms with Gasteiger partial charge < -0.3 is 10.3 Å². The second kappa shape index (κ2) is 5.81. The number of nitrogens with one attached hydrogen (secondary N) is 2. The molecule has 0 saturated heterocycles. The summed E-state index contributed by atoms with van der Waals surface area (Å²) in [5.41, 5.74) is 1.27. The Bertz CT molecular complexity index is 204. The molecule has 0 saturated carbocycles. The van der Waals surface area contributed by atoms with Gasteiger partial charge in [-0.25, -0.2) is 0 Å². The average molecular weight is 180 g/mol. The summed E-state index contributed by atoms with van der Waals surface area (Å²) in [6, 6.07) is 4.83. The highest BCUT2D eigenvalue weighted by Crippen LogP contribution is 2.02. The molecule has 0 spiro atoms. The fraction of sp³-hybridized carbons (Fsp3) is 0.636. The van der Waals surface area contributed by atoms with Crippen LogP contribution in [0.4, 0.5) is 0 Å². The van der Waals surface area contributed by atoms with Gasteiger partial charge in [0.25, 0.3) is 0 Å². The highest BCUT2D eigenvalue weighted by Gasteiger charge is 2.03. The van der Waals surface area contributed by atoms with E-state index >= 15 is 0 Å². The summed E-state index contributed by atoms with van der Waals surface area (Å²) in [5.74, 6) is 0. The zero-order chi connectivity index (χ0) is 9.52. The van der Waals surface area contributed by atoms with E-state index in [0.717, 1.165) is 6.54 Å². The van der Waals surface area contributed by atoms with Gasteiger partial charge in [0.15, 0.2) is 0 Å². The van der Waals surface area contributed by atoms with E-state index < -0.39 is 0 Å². The van der Waals surface area contributed by atoms with Crippen LogP contribution in [-0.4, -0.2) is 11.0 Å². The van der Waals surface area contributed by atoms with Crippen molar-refractivity contribution < 1.29 is 0 Å². The van der Waals surface area contributed by atoms with E-state index in [-0.39, 0.29) is 0 Å². The SMILES string of the molecule is CCCC(CC)NCc1ccc[nH]1. The average Bonchev–Trinajstić information content (AvgIpc) is 2.64. The zero-order valence-electron chi connectivity index (χ0n) is 8.64. The topological polar surface area (TPSA) is 27.8 Å². The van der Waals surface area contributed by atoms with E-state index in [2.05, 4.69) is 30.2 Å². The predicted molar refractivity (Wildman–Crippen MR) is 56.6 cm³/mol. The first-order valence-electron chi connectivity index (χ1n) is 5.22. The smallest absolute Gasteiger partial charge is 0.0359 e. The van der Waals surface area contributed by atoms with Gasteiger partial charge >= 0.3 is 0 Å². The van der Waals surface area contributed by atoms with Gasteiger partial charge in [0.1, 0.15) is 0 Å². The van der Waals surface area contributed by atoms with Crippen molar-refractivity contribution in [3.8, 4) is 0 Å². The van der Waals surface area contributed by atoms with Gasteiger partial charge in [-0.05, 0) is 25.0 Å². The largest absolute Gasteiger partial charge is 0.364 e. The lowest BCUT2D eigenvalue weighted by atomic mass is 10.1. The first kappa shape index (κ1) is 10.3. The molecule has 0 aliphatic carbocycles. The standard InChI is InChI=1S/C11H20N2/c1-3-6-10(4-2)13-9-11-7-5-8-12-11/h5,7-8,10,12-13H,3-4,6,9H2,1-2H3. The molecule has 13 heavy (non-hydrogen) atoms. The second-order valence-electron chi connectivity index (χ2n) is 3.47. The Balaban J connectivity index is 2.23. The van der Waals surface area contributed by atoms with Crippen molar-refractivity contribution in [2.75, 3.05) is 0 Å². The Hall–Kier alpha value is -0.760. The molecule has 0 aromatic carbocycles. The zero-order valence-corrected chi connectivity index (χ0v) is 8.64. The van der Waals surface area contributed by atoms with Crippen LogP contribution in [0.2, 0.25) is 0 Å². The molecular formula is C11H20N2. The predicted octanol–water partition coefficient (Wildman–Crippen LogP) is 2.68. The van der Waals surface area contributed by atoms with Crippen LogP contribution in [0.1, 0.15) is 38.8 Å². The second-order valence-corrected chi connectivity index (χ2v) is 3.47. The molecule has 2 nitrogen and oxygen atoms in total. The molecule has 1 rings (SSSR count). The van der Waals surface area contributed by atoms with Gasteiger partial charge in [0, 0.05) is 24.5 Å². The monoisotopic (exact) mass is 180 g/mol. The summed E-state index contributed by atoms with van der Waals surface area (Å²) in [4.78, 5) is 3.20. The molecule has 0 amide bonds. The summed E-state index contributed by atoms with van der Waals surface area (Å²) in [5, 5.41) is 3.54. The number of hydrogen-bond acceptors (Lipinski definition) is 1. The number of aromatic amines is 1. The maximum absolute atomic E-state index is 3.54. The van der Waals surface area contributed by atoms with Crippen molar-refractivity contribution in [3.05, 3.63) is 24.0 Å². The van der Waals surface area contributed by atoms with E-state index in [4.69, 9.17) is 0 Å². The lowest BCUT2D eigenvalue weighted by molar-refractivity contribution is 0.460. The number of H-pyrrole nitrogens is 1. The van der Waals surface area contributed by atoms with Gasteiger partial charge in [-0.1, -0.05) is 20.3 Å². The highest BCUT2D eigenvalue weighted by atomic mass is 14.9. The molecule has 74 valence electrons. The molecule has 1 heterocycles. The van der Waals surface area contributed by atoms with Crippen molar-refractivity contribution in [3.63, 3.8) is 0 Å². The third-order valence-corrected chi connectivity index (χ3v) is 2.37. The number of rotatable bonds is 6. The molecule has 2 heteroatoms. The van der Waals surface area contributed by atoms with Crippen molar-refractivity contribution >= 4 is 0 Å². The Labute approximate surface area is 80.7 Å². The van der Waals surface area contributed by atoms with Gasteiger partial charge in [0.05, 0.1) is 0 Å². The van der Waals surface area contributed by atoms with E-state index in [0.29, 0.717) is 6.04 Å². The minimum Gasteiger partial charge on any atom is -0.364 e. The Kier molecular flexibility index (Phi) is 4.61. The first-order valence-corrected chi connectivity index (χ1v) is 5.22. The Morgan fingerprint density at radius 1 is 1.46 bits per heavy atom. The van der Waals surface area contributed by atoms with Crippen LogP contribution >= 0.6 is 0 Å². The Morgan fingerprint density at radius 3 is 2.85 bits per heavy atom. The minimum atomic E-state index is 0.674. The van der Waals surface area contributed by atoms with Crippen molar-refractivity contribution in [1.29, 1.82) is 0 Å². The summed E-state index contributed by atoms with van der Waals surface area (Å²) in [6.45, 7) is 5.44. The third-order valence-electron chi connectivity index (χ3n) is 2.37. The summed E-state index contributed by atoms with van der Waals surface area (Å²) in [6.07, 6.45) is 5.72. The van der Waals surface area contributed by atoms with E-state index in [1.54, 1.807) is 0 Å². The maximum atomic E-state index is 3.54. The van der Waals surface area contributed by atoms with Crippen LogP contribution in [-0.2, 0) is 6.54 Å². The quantitative estimate of drug-likeness (QED) is 0.692. The van der Waals surface area contributed by atoms with Gasteiger partial charge in [-0.2, -0.15) is 0 Å². The van der Waals surface area contributed by atoms with Crippen LogP contribution in [0.3, 0.4) is 0 Å². The van der Waals surface area contributed by atoms with Crippen LogP contribution in [0.15, 0.2) is 18.3 Å². The van der Waals surface area contributed by atoms with Crippen LogP contribution in [0.5, 0.6) is 0 Å². The number of aromatic nitrogens is 1. The summed E-state index contributed by atoms with van der Waals surface area (Å²) >= 11 is 0. The normalized spacial score (nSPS) is 13.1. The molecule has 1 unspecified atom stereocenters. The summed E-state index contributed by atoms with van der Waals surface area (Å²) < 4.78 is 0. The first-order chi connectivity index (χ1) is 6.36.